The first-order chi connectivity index (χ1) is 8.45. The van der Waals surface area contributed by atoms with E-state index in [1.807, 2.05) is 0 Å². The van der Waals surface area contributed by atoms with Crippen LogP contribution >= 0.6 is 22.6 Å². The van der Waals surface area contributed by atoms with Gasteiger partial charge in [0.25, 0.3) is 0 Å². The highest BCUT2D eigenvalue weighted by Gasteiger charge is 2.32. The normalized spacial score (nSPS) is 11.3. The summed E-state index contributed by atoms with van der Waals surface area (Å²) < 4.78 is 43.6. The van der Waals surface area contributed by atoms with E-state index in [4.69, 9.17) is 4.74 Å². The van der Waals surface area contributed by atoms with E-state index in [9.17, 15) is 13.2 Å². The smallest absolute Gasteiger partial charge is 0.433 e. The van der Waals surface area contributed by atoms with Crippen LogP contribution in [-0.4, -0.2) is 4.98 Å². The minimum absolute atomic E-state index is 0.0777. The van der Waals surface area contributed by atoms with Gasteiger partial charge < -0.3 is 4.74 Å². The molecule has 94 valence electrons. The van der Waals surface area contributed by atoms with Gasteiger partial charge in [-0.15, -0.1) is 0 Å². The van der Waals surface area contributed by atoms with Crippen LogP contribution in [0.1, 0.15) is 5.69 Å². The van der Waals surface area contributed by atoms with E-state index in [1.54, 1.807) is 24.3 Å². The molecule has 0 N–H and O–H groups in total. The van der Waals surface area contributed by atoms with Crippen LogP contribution in [0.3, 0.4) is 0 Å². The molecular weight excluding hydrogens is 358 g/mol. The van der Waals surface area contributed by atoms with Crippen molar-refractivity contribution in [2.75, 3.05) is 0 Å². The summed E-state index contributed by atoms with van der Waals surface area (Å²) in [6.45, 7) is 0. The SMILES string of the molecule is FC(F)(F)c1cccc(Oc2ccc(I)cc2)n1. The van der Waals surface area contributed by atoms with Crippen molar-refractivity contribution in [3.63, 3.8) is 0 Å². The van der Waals surface area contributed by atoms with E-state index >= 15 is 0 Å². The van der Waals surface area contributed by atoms with Crippen LogP contribution in [0.2, 0.25) is 0 Å². The Morgan fingerprint density at radius 3 is 2.28 bits per heavy atom. The van der Waals surface area contributed by atoms with Gasteiger partial charge >= 0.3 is 6.18 Å². The Morgan fingerprint density at radius 2 is 1.67 bits per heavy atom. The third-order valence-electron chi connectivity index (χ3n) is 2.05. The highest BCUT2D eigenvalue weighted by Crippen LogP contribution is 2.29. The molecule has 0 aliphatic rings. The summed E-state index contributed by atoms with van der Waals surface area (Å²) in [4.78, 5) is 3.41. The largest absolute Gasteiger partial charge is 0.439 e. The predicted molar refractivity (Wildman–Crippen MR) is 68.5 cm³/mol. The molecule has 2 rings (SSSR count). The summed E-state index contributed by atoms with van der Waals surface area (Å²) in [6.07, 6.45) is -4.47. The predicted octanol–water partition coefficient (Wildman–Crippen LogP) is 4.50. The van der Waals surface area contributed by atoms with Crippen LogP contribution in [0.25, 0.3) is 0 Å². The Kier molecular flexibility index (Phi) is 3.74. The lowest BCUT2D eigenvalue weighted by atomic mass is 10.3. The van der Waals surface area contributed by atoms with Gasteiger partial charge in [0, 0.05) is 9.64 Å². The highest BCUT2D eigenvalue weighted by molar-refractivity contribution is 14.1. The van der Waals surface area contributed by atoms with Gasteiger partial charge in [-0.05, 0) is 52.9 Å². The summed E-state index contributed by atoms with van der Waals surface area (Å²) in [5.74, 6) is 0.369. The number of benzene rings is 1. The third-order valence-corrected chi connectivity index (χ3v) is 2.77. The molecule has 0 aliphatic heterocycles. The molecule has 0 saturated carbocycles. The van der Waals surface area contributed by atoms with Crippen molar-refractivity contribution in [1.29, 1.82) is 0 Å². The quantitative estimate of drug-likeness (QED) is 0.732. The summed E-state index contributed by atoms with van der Waals surface area (Å²) >= 11 is 2.12. The molecule has 1 aromatic heterocycles. The number of nitrogens with zero attached hydrogens (tertiary/aromatic N) is 1. The third kappa shape index (κ3) is 3.34. The van der Waals surface area contributed by atoms with Crippen molar-refractivity contribution in [1.82, 2.24) is 4.98 Å². The number of ether oxygens (including phenoxy) is 1. The van der Waals surface area contributed by atoms with Crippen molar-refractivity contribution in [2.45, 2.75) is 6.18 Å². The molecule has 0 radical (unpaired) electrons. The summed E-state index contributed by atoms with van der Waals surface area (Å²) in [7, 11) is 0. The zero-order chi connectivity index (χ0) is 13.2. The van der Waals surface area contributed by atoms with Crippen LogP contribution in [0, 0.1) is 3.57 Å². The number of aromatic nitrogens is 1. The van der Waals surface area contributed by atoms with E-state index in [2.05, 4.69) is 27.6 Å². The number of halogens is 4. The average Bonchev–Trinajstić information content (AvgIpc) is 2.31. The lowest BCUT2D eigenvalue weighted by molar-refractivity contribution is -0.141. The molecule has 2 aromatic rings. The fourth-order valence-electron chi connectivity index (χ4n) is 1.25. The van der Waals surface area contributed by atoms with Crippen molar-refractivity contribution in [2.24, 2.45) is 0 Å². The molecule has 1 heterocycles. The maximum absolute atomic E-state index is 12.4. The van der Waals surface area contributed by atoms with Crippen molar-refractivity contribution in [3.8, 4) is 11.6 Å². The lowest BCUT2D eigenvalue weighted by Gasteiger charge is -2.08. The molecule has 0 fully saturated rings. The molecule has 2 nitrogen and oxygen atoms in total. The number of rotatable bonds is 2. The Labute approximate surface area is 115 Å². The summed E-state index contributed by atoms with van der Waals surface area (Å²) in [5, 5.41) is 0. The van der Waals surface area contributed by atoms with Gasteiger partial charge in [-0.25, -0.2) is 4.98 Å². The summed E-state index contributed by atoms with van der Waals surface area (Å²) in [6, 6.07) is 10.5. The lowest BCUT2D eigenvalue weighted by Crippen LogP contribution is -2.07. The van der Waals surface area contributed by atoms with E-state index < -0.39 is 11.9 Å². The molecule has 0 saturated heterocycles. The van der Waals surface area contributed by atoms with Gasteiger partial charge in [-0.3, -0.25) is 0 Å². The topological polar surface area (TPSA) is 22.1 Å². The standard InChI is InChI=1S/C12H7F3INO/c13-12(14,15)10-2-1-3-11(17-10)18-9-6-4-8(16)5-7-9/h1-7H. The van der Waals surface area contributed by atoms with Gasteiger partial charge in [0.15, 0.2) is 0 Å². The van der Waals surface area contributed by atoms with Crippen molar-refractivity contribution in [3.05, 3.63) is 51.7 Å². The fourth-order valence-corrected chi connectivity index (χ4v) is 1.61. The molecule has 0 bridgehead atoms. The Bertz CT molecular complexity index is 540. The first-order valence-corrected chi connectivity index (χ1v) is 6.01. The summed E-state index contributed by atoms with van der Waals surface area (Å²) in [5.41, 5.74) is -0.967. The number of hydrogen-bond donors (Lipinski definition) is 0. The molecule has 18 heavy (non-hydrogen) atoms. The Balaban J connectivity index is 2.22. The number of pyridine rings is 1. The first-order valence-electron chi connectivity index (χ1n) is 4.93. The van der Waals surface area contributed by atoms with Crippen molar-refractivity contribution < 1.29 is 17.9 Å². The molecule has 0 amide bonds. The highest BCUT2D eigenvalue weighted by atomic mass is 127. The minimum Gasteiger partial charge on any atom is -0.439 e. The van der Waals surface area contributed by atoms with E-state index in [1.165, 1.54) is 12.1 Å². The zero-order valence-corrected chi connectivity index (χ0v) is 11.1. The van der Waals surface area contributed by atoms with E-state index in [-0.39, 0.29) is 5.88 Å². The van der Waals surface area contributed by atoms with Gasteiger partial charge in [-0.2, -0.15) is 13.2 Å². The Hall–Kier alpha value is -1.31. The van der Waals surface area contributed by atoms with Crippen LogP contribution < -0.4 is 4.74 Å². The second-order valence-corrected chi connectivity index (χ2v) is 4.66. The number of hydrogen-bond acceptors (Lipinski definition) is 2. The second-order valence-electron chi connectivity index (χ2n) is 3.41. The van der Waals surface area contributed by atoms with Gasteiger partial charge in [0.1, 0.15) is 11.4 Å². The second kappa shape index (κ2) is 5.13. The number of alkyl halides is 3. The van der Waals surface area contributed by atoms with Crippen LogP contribution in [0.5, 0.6) is 11.6 Å². The van der Waals surface area contributed by atoms with Crippen molar-refractivity contribution >= 4 is 22.6 Å². The molecular formula is C12H7F3INO. The molecule has 1 aromatic carbocycles. The zero-order valence-electron chi connectivity index (χ0n) is 8.91. The van der Waals surface area contributed by atoms with Gasteiger partial charge in [0.2, 0.25) is 5.88 Å². The maximum Gasteiger partial charge on any atom is 0.433 e. The minimum atomic E-state index is -4.47. The molecule has 0 atom stereocenters. The van der Waals surface area contributed by atoms with Gasteiger partial charge in [-0.1, -0.05) is 6.07 Å². The van der Waals surface area contributed by atoms with Crippen LogP contribution in [0.15, 0.2) is 42.5 Å². The molecule has 0 spiro atoms. The fraction of sp³-hybridized carbons (Fsp3) is 0.0833. The van der Waals surface area contributed by atoms with Gasteiger partial charge in [0.05, 0.1) is 0 Å². The molecule has 6 heteroatoms. The van der Waals surface area contributed by atoms with E-state index in [0.717, 1.165) is 9.64 Å². The first kappa shape index (κ1) is 13.1. The average molecular weight is 365 g/mol. The maximum atomic E-state index is 12.4. The monoisotopic (exact) mass is 365 g/mol. The van der Waals surface area contributed by atoms with Crippen LogP contribution in [0.4, 0.5) is 13.2 Å². The van der Waals surface area contributed by atoms with Crippen LogP contribution in [-0.2, 0) is 6.18 Å². The molecule has 0 unspecified atom stereocenters. The Morgan fingerprint density at radius 1 is 1.00 bits per heavy atom. The van der Waals surface area contributed by atoms with E-state index in [0.29, 0.717) is 5.75 Å². The molecule has 0 aliphatic carbocycles.